The van der Waals surface area contributed by atoms with Crippen molar-refractivity contribution >= 4 is 11.9 Å². The molecule has 0 aliphatic carbocycles. The summed E-state index contributed by atoms with van der Waals surface area (Å²) in [5.74, 6) is -0.442. The van der Waals surface area contributed by atoms with Gasteiger partial charge in [-0.1, -0.05) is 0 Å². The van der Waals surface area contributed by atoms with Crippen LogP contribution in [-0.2, 0) is 9.59 Å². The van der Waals surface area contributed by atoms with Crippen LogP contribution in [0.15, 0.2) is 0 Å². The number of nitrogens with zero attached hydrogens (tertiary/aromatic N) is 1. The molecule has 2 N–H and O–H groups in total. The van der Waals surface area contributed by atoms with Crippen LogP contribution in [-0.4, -0.2) is 48.1 Å². The first kappa shape index (κ1) is 12.4. The lowest BCUT2D eigenvalue weighted by Crippen LogP contribution is -2.42. The summed E-state index contributed by atoms with van der Waals surface area (Å²) >= 11 is 0. The second-order valence-electron chi connectivity index (χ2n) is 5.49. The largest absolute Gasteiger partial charge is 0.481 e. The molecule has 96 valence electrons. The Morgan fingerprint density at radius 3 is 2.88 bits per heavy atom. The van der Waals surface area contributed by atoms with Crippen LogP contribution < -0.4 is 5.32 Å². The zero-order valence-electron chi connectivity index (χ0n) is 10.2. The molecule has 2 rings (SSSR count). The molecule has 0 aromatic heterocycles. The zero-order chi connectivity index (χ0) is 12.5. The third kappa shape index (κ3) is 2.60. The smallest absolute Gasteiger partial charge is 0.303 e. The van der Waals surface area contributed by atoms with Gasteiger partial charge in [-0.2, -0.15) is 0 Å². The molecule has 0 bridgehead atoms. The summed E-state index contributed by atoms with van der Waals surface area (Å²) < 4.78 is 0. The number of carboxylic acids is 1. The van der Waals surface area contributed by atoms with Gasteiger partial charge in [0.2, 0.25) is 5.91 Å². The Bertz CT molecular complexity index is 324. The second-order valence-corrected chi connectivity index (χ2v) is 5.49. The van der Waals surface area contributed by atoms with Crippen LogP contribution >= 0.6 is 0 Å². The standard InChI is InChI=1S/C12H20N2O3/c1-12(3-4-13-8-12)11(17)14-5-2-9(7-14)6-10(15)16/h9,13H,2-8H2,1H3,(H,15,16). The van der Waals surface area contributed by atoms with Crippen LogP contribution in [0.5, 0.6) is 0 Å². The van der Waals surface area contributed by atoms with E-state index in [-0.39, 0.29) is 23.7 Å². The van der Waals surface area contributed by atoms with E-state index in [4.69, 9.17) is 5.11 Å². The van der Waals surface area contributed by atoms with Gasteiger partial charge in [0.15, 0.2) is 0 Å². The van der Waals surface area contributed by atoms with E-state index in [9.17, 15) is 9.59 Å². The van der Waals surface area contributed by atoms with Crippen molar-refractivity contribution in [2.45, 2.75) is 26.2 Å². The van der Waals surface area contributed by atoms with Crippen molar-refractivity contribution in [1.29, 1.82) is 0 Å². The Morgan fingerprint density at radius 1 is 1.53 bits per heavy atom. The Labute approximate surface area is 101 Å². The minimum absolute atomic E-state index is 0.134. The number of likely N-dealkylation sites (tertiary alicyclic amines) is 1. The summed E-state index contributed by atoms with van der Waals surface area (Å²) in [6.07, 6.45) is 1.88. The van der Waals surface area contributed by atoms with E-state index in [2.05, 4.69) is 5.32 Å². The van der Waals surface area contributed by atoms with Crippen molar-refractivity contribution in [2.75, 3.05) is 26.2 Å². The molecule has 2 aliphatic rings. The predicted octanol–water partition coefficient (Wildman–Crippen LogP) is 0.309. The number of carbonyl (C=O) groups excluding carboxylic acids is 1. The van der Waals surface area contributed by atoms with Crippen molar-refractivity contribution < 1.29 is 14.7 Å². The Balaban J connectivity index is 1.91. The van der Waals surface area contributed by atoms with Gasteiger partial charge in [-0.3, -0.25) is 9.59 Å². The van der Waals surface area contributed by atoms with Crippen molar-refractivity contribution in [3.8, 4) is 0 Å². The van der Waals surface area contributed by atoms with Crippen LogP contribution in [0.2, 0.25) is 0 Å². The summed E-state index contributed by atoms with van der Waals surface area (Å²) in [7, 11) is 0. The number of hydrogen-bond donors (Lipinski definition) is 2. The highest BCUT2D eigenvalue weighted by Crippen LogP contribution is 2.30. The molecule has 17 heavy (non-hydrogen) atoms. The average molecular weight is 240 g/mol. The highest BCUT2D eigenvalue weighted by atomic mass is 16.4. The fourth-order valence-electron chi connectivity index (χ4n) is 2.81. The van der Waals surface area contributed by atoms with E-state index in [1.54, 1.807) is 0 Å². The van der Waals surface area contributed by atoms with E-state index in [0.29, 0.717) is 13.1 Å². The third-order valence-corrected chi connectivity index (χ3v) is 3.92. The SMILES string of the molecule is CC1(C(=O)N2CCC(CC(=O)O)C2)CCNC1. The predicted molar refractivity (Wildman–Crippen MR) is 62.5 cm³/mol. The van der Waals surface area contributed by atoms with Gasteiger partial charge in [-0.15, -0.1) is 0 Å². The number of carbonyl (C=O) groups is 2. The lowest BCUT2D eigenvalue weighted by Gasteiger charge is -2.28. The summed E-state index contributed by atoms with van der Waals surface area (Å²) in [6, 6.07) is 0. The van der Waals surface area contributed by atoms with E-state index in [1.165, 1.54) is 0 Å². The molecule has 5 nitrogen and oxygen atoms in total. The Morgan fingerprint density at radius 2 is 2.29 bits per heavy atom. The lowest BCUT2D eigenvalue weighted by molar-refractivity contribution is -0.141. The maximum absolute atomic E-state index is 12.3. The first-order valence-electron chi connectivity index (χ1n) is 6.23. The number of amides is 1. The maximum atomic E-state index is 12.3. The number of carboxylic acid groups (broad SMARTS) is 1. The highest BCUT2D eigenvalue weighted by Gasteiger charge is 2.41. The summed E-state index contributed by atoms with van der Waals surface area (Å²) in [4.78, 5) is 24.8. The quantitative estimate of drug-likeness (QED) is 0.745. The molecule has 5 heteroatoms. The van der Waals surface area contributed by atoms with Crippen molar-refractivity contribution in [1.82, 2.24) is 10.2 Å². The van der Waals surface area contributed by atoms with Crippen LogP contribution in [0.4, 0.5) is 0 Å². The Hall–Kier alpha value is -1.10. The van der Waals surface area contributed by atoms with Crippen molar-refractivity contribution in [2.24, 2.45) is 11.3 Å². The van der Waals surface area contributed by atoms with E-state index in [1.807, 2.05) is 11.8 Å². The zero-order valence-corrected chi connectivity index (χ0v) is 10.2. The van der Waals surface area contributed by atoms with Gasteiger partial charge in [0.1, 0.15) is 0 Å². The highest BCUT2D eigenvalue weighted by molar-refractivity contribution is 5.83. The number of nitrogens with one attached hydrogen (secondary N) is 1. The molecule has 2 fully saturated rings. The van der Waals surface area contributed by atoms with Crippen LogP contribution in [0.25, 0.3) is 0 Å². The van der Waals surface area contributed by atoms with Gasteiger partial charge in [0, 0.05) is 26.1 Å². The molecule has 2 heterocycles. The fourth-order valence-corrected chi connectivity index (χ4v) is 2.81. The topological polar surface area (TPSA) is 69.6 Å². The summed E-state index contributed by atoms with van der Waals surface area (Å²) in [5.41, 5.74) is -0.280. The van der Waals surface area contributed by atoms with E-state index in [0.717, 1.165) is 25.9 Å². The average Bonchev–Trinajstić information content (AvgIpc) is 2.86. The van der Waals surface area contributed by atoms with E-state index >= 15 is 0 Å². The maximum Gasteiger partial charge on any atom is 0.303 e. The molecule has 0 aromatic rings. The number of hydrogen-bond acceptors (Lipinski definition) is 3. The second kappa shape index (κ2) is 4.64. The van der Waals surface area contributed by atoms with Gasteiger partial charge in [-0.05, 0) is 32.2 Å². The molecule has 2 atom stereocenters. The van der Waals surface area contributed by atoms with Crippen molar-refractivity contribution in [3.05, 3.63) is 0 Å². The van der Waals surface area contributed by atoms with Crippen LogP contribution in [0.3, 0.4) is 0 Å². The van der Waals surface area contributed by atoms with E-state index < -0.39 is 5.97 Å². The first-order valence-corrected chi connectivity index (χ1v) is 6.23. The molecule has 0 radical (unpaired) electrons. The number of rotatable bonds is 3. The first-order chi connectivity index (χ1) is 8.01. The molecular weight excluding hydrogens is 220 g/mol. The van der Waals surface area contributed by atoms with Gasteiger partial charge < -0.3 is 15.3 Å². The summed E-state index contributed by atoms with van der Waals surface area (Å²) in [6.45, 7) is 4.97. The summed E-state index contributed by atoms with van der Waals surface area (Å²) in [5, 5.41) is 12.0. The lowest BCUT2D eigenvalue weighted by atomic mass is 9.88. The number of aliphatic carboxylic acids is 1. The van der Waals surface area contributed by atoms with Crippen molar-refractivity contribution in [3.63, 3.8) is 0 Å². The molecule has 0 aromatic carbocycles. The molecule has 0 spiro atoms. The van der Waals surface area contributed by atoms with Gasteiger partial charge in [-0.25, -0.2) is 0 Å². The van der Waals surface area contributed by atoms with Gasteiger partial charge in [0.05, 0.1) is 5.41 Å². The minimum Gasteiger partial charge on any atom is -0.481 e. The monoisotopic (exact) mass is 240 g/mol. The normalized spacial score (nSPS) is 33.0. The minimum atomic E-state index is -0.766. The van der Waals surface area contributed by atoms with Gasteiger partial charge >= 0.3 is 5.97 Å². The fraction of sp³-hybridized carbons (Fsp3) is 0.833. The van der Waals surface area contributed by atoms with Crippen LogP contribution in [0, 0.1) is 11.3 Å². The molecule has 2 unspecified atom stereocenters. The third-order valence-electron chi connectivity index (χ3n) is 3.92. The Kier molecular flexibility index (Phi) is 3.38. The molecule has 0 saturated carbocycles. The molecular formula is C12H20N2O3. The molecule has 2 saturated heterocycles. The van der Waals surface area contributed by atoms with Gasteiger partial charge in [0.25, 0.3) is 0 Å². The van der Waals surface area contributed by atoms with Crippen LogP contribution in [0.1, 0.15) is 26.2 Å². The molecule has 1 amide bonds. The molecule has 2 aliphatic heterocycles.